The maximum Gasteiger partial charge on any atom is 0.405 e. The number of aromatic amines is 1. The number of carbonyl (C=O) groups is 2. The van der Waals surface area contributed by atoms with E-state index in [4.69, 9.17) is 5.73 Å². The predicted octanol–water partition coefficient (Wildman–Crippen LogP) is 2.59. The first-order valence-electron chi connectivity index (χ1n) is 8.82. The van der Waals surface area contributed by atoms with Crippen LogP contribution in [-0.2, 0) is 4.79 Å². The number of aromatic nitrogens is 3. The van der Waals surface area contributed by atoms with Crippen LogP contribution in [0.25, 0.3) is 22.2 Å². The molecule has 0 saturated heterocycles. The van der Waals surface area contributed by atoms with E-state index in [-0.39, 0.29) is 5.56 Å². The van der Waals surface area contributed by atoms with Gasteiger partial charge >= 0.3 is 6.18 Å². The van der Waals surface area contributed by atoms with E-state index in [1.165, 1.54) is 26.2 Å². The molecule has 158 valence electrons. The Bertz CT molecular complexity index is 1110. The van der Waals surface area contributed by atoms with Gasteiger partial charge in [0, 0.05) is 35.1 Å². The number of H-pyrrole nitrogens is 1. The molecule has 5 N–H and O–H groups in total. The van der Waals surface area contributed by atoms with Gasteiger partial charge in [-0.1, -0.05) is 0 Å². The van der Waals surface area contributed by atoms with Crippen molar-refractivity contribution in [1.82, 2.24) is 20.3 Å². The van der Waals surface area contributed by atoms with Crippen LogP contribution in [0.15, 0.2) is 36.9 Å². The number of primary amides is 1. The highest BCUT2D eigenvalue weighted by Gasteiger charge is 2.33. The van der Waals surface area contributed by atoms with Gasteiger partial charge in [0.25, 0.3) is 0 Å². The normalized spacial score (nSPS) is 12.0. The van der Waals surface area contributed by atoms with E-state index < -0.39 is 30.1 Å². The van der Waals surface area contributed by atoms with Gasteiger partial charge in [0.15, 0.2) is 0 Å². The van der Waals surface area contributed by atoms with Crippen LogP contribution in [0.4, 0.5) is 18.9 Å². The number of hydrogen-bond donors (Lipinski definition) is 4. The minimum atomic E-state index is -4.50. The molecule has 0 spiro atoms. The maximum atomic E-state index is 12.4. The summed E-state index contributed by atoms with van der Waals surface area (Å²) in [7, 11) is 0. The zero-order chi connectivity index (χ0) is 22.1. The van der Waals surface area contributed by atoms with Crippen LogP contribution in [0.2, 0.25) is 0 Å². The van der Waals surface area contributed by atoms with E-state index in [9.17, 15) is 22.8 Å². The smallest absolute Gasteiger partial charge is 0.370 e. The fourth-order valence-electron chi connectivity index (χ4n) is 2.85. The van der Waals surface area contributed by atoms with E-state index in [0.717, 1.165) is 0 Å². The number of halogens is 3. The van der Waals surface area contributed by atoms with E-state index in [1.807, 2.05) is 5.32 Å². The predicted molar refractivity (Wildman–Crippen MR) is 105 cm³/mol. The van der Waals surface area contributed by atoms with Gasteiger partial charge in [-0.15, -0.1) is 0 Å². The summed E-state index contributed by atoms with van der Waals surface area (Å²) in [6, 6.07) is 3.29. The second kappa shape index (κ2) is 7.65. The summed E-state index contributed by atoms with van der Waals surface area (Å²) in [6.07, 6.45) is 1.57. The van der Waals surface area contributed by atoms with E-state index in [2.05, 4.69) is 20.3 Å². The Labute approximate surface area is 169 Å². The number of nitrogens with one attached hydrogen (secondary N) is 3. The number of carbonyl (C=O) groups excluding carboxylic acids is 2. The van der Waals surface area contributed by atoms with Crippen LogP contribution in [0.3, 0.4) is 0 Å². The molecule has 0 atom stereocenters. The molecule has 3 aromatic heterocycles. The summed E-state index contributed by atoms with van der Waals surface area (Å²) in [5.74, 6) is -1.43. The van der Waals surface area contributed by atoms with Crippen molar-refractivity contribution >= 4 is 28.5 Å². The Morgan fingerprint density at radius 3 is 2.57 bits per heavy atom. The summed E-state index contributed by atoms with van der Waals surface area (Å²) >= 11 is 0. The molecule has 30 heavy (non-hydrogen) atoms. The number of hydrogen-bond acceptors (Lipinski definition) is 5. The van der Waals surface area contributed by atoms with Crippen molar-refractivity contribution in [2.75, 3.05) is 11.9 Å². The highest BCUT2D eigenvalue weighted by atomic mass is 19.4. The van der Waals surface area contributed by atoms with E-state index >= 15 is 0 Å². The molecule has 0 bridgehead atoms. The van der Waals surface area contributed by atoms with Crippen LogP contribution >= 0.6 is 0 Å². The molecular formula is C19H19F3N6O2. The summed E-state index contributed by atoms with van der Waals surface area (Å²) in [5, 5.41) is 5.40. The van der Waals surface area contributed by atoms with Gasteiger partial charge < -0.3 is 21.4 Å². The van der Waals surface area contributed by atoms with Crippen molar-refractivity contribution < 1.29 is 22.8 Å². The lowest BCUT2D eigenvalue weighted by molar-refractivity contribution is -0.140. The van der Waals surface area contributed by atoms with Gasteiger partial charge in [0.2, 0.25) is 11.8 Å². The molecule has 3 heterocycles. The second-order valence-corrected chi connectivity index (χ2v) is 7.20. The highest BCUT2D eigenvalue weighted by molar-refractivity contribution is 6.00. The third-order valence-electron chi connectivity index (χ3n) is 4.34. The molecule has 3 aromatic rings. The zero-order valence-corrected chi connectivity index (χ0v) is 16.1. The Balaban J connectivity index is 1.86. The Hall–Kier alpha value is -3.63. The number of fused-ring (bicyclic) bond motifs is 1. The molecule has 0 aliphatic rings. The third-order valence-corrected chi connectivity index (χ3v) is 4.34. The van der Waals surface area contributed by atoms with Gasteiger partial charge in [0.1, 0.15) is 17.7 Å². The lowest BCUT2D eigenvalue weighted by Gasteiger charge is -2.26. The van der Waals surface area contributed by atoms with Crippen molar-refractivity contribution in [2.24, 2.45) is 5.73 Å². The molecule has 0 aliphatic carbocycles. The monoisotopic (exact) mass is 420 g/mol. The van der Waals surface area contributed by atoms with Crippen molar-refractivity contribution in [2.45, 2.75) is 25.6 Å². The molecule has 0 aliphatic heterocycles. The number of nitrogens with two attached hydrogens (primary N) is 1. The van der Waals surface area contributed by atoms with Crippen LogP contribution in [0, 0.1) is 0 Å². The number of pyridine rings is 2. The molecule has 11 heteroatoms. The fourth-order valence-corrected chi connectivity index (χ4v) is 2.85. The second-order valence-electron chi connectivity index (χ2n) is 7.20. The van der Waals surface area contributed by atoms with Crippen molar-refractivity contribution in [1.29, 1.82) is 0 Å². The lowest BCUT2D eigenvalue weighted by Crippen LogP contribution is -2.50. The van der Waals surface area contributed by atoms with Crippen LogP contribution in [0.1, 0.15) is 24.2 Å². The SMILES string of the molecule is CC(C)(Nc1cncc(-c2c[nH]c3ncc(C(N)=O)cc23)c1)C(=O)NCC(F)(F)F. The summed E-state index contributed by atoms with van der Waals surface area (Å²) in [6.45, 7) is 1.50. The number of alkyl halides is 3. The van der Waals surface area contributed by atoms with Crippen LogP contribution in [0.5, 0.6) is 0 Å². The van der Waals surface area contributed by atoms with Crippen LogP contribution < -0.4 is 16.4 Å². The maximum absolute atomic E-state index is 12.4. The largest absolute Gasteiger partial charge is 0.405 e. The van der Waals surface area contributed by atoms with E-state index in [1.54, 1.807) is 24.5 Å². The van der Waals surface area contributed by atoms with Gasteiger partial charge in [-0.05, 0) is 26.0 Å². The minimum absolute atomic E-state index is 0.244. The number of rotatable bonds is 6. The average Bonchev–Trinajstić information content (AvgIpc) is 3.08. The van der Waals surface area contributed by atoms with Gasteiger partial charge in [-0.2, -0.15) is 13.2 Å². The Kier molecular flexibility index (Phi) is 5.38. The molecule has 0 aromatic carbocycles. The van der Waals surface area contributed by atoms with E-state index in [0.29, 0.717) is 27.8 Å². The molecule has 0 radical (unpaired) electrons. The molecule has 8 nitrogen and oxygen atoms in total. The van der Waals surface area contributed by atoms with Crippen molar-refractivity contribution in [3.63, 3.8) is 0 Å². The topological polar surface area (TPSA) is 126 Å². The fraction of sp³-hybridized carbons (Fsp3) is 0.263. The van der Waals surface area contributed by atoms with Gasteiger partial charge in [-0.3, -0.25) is 14.6 Å². The first-order chi connectivity index (χ1) is 14.0. The lowest BCUT2D eigenvalue weighted by atomic mass is 10.0. The van der Waals surface area contributed by atoms with Crippen molar-refractivity contribution in [3.8, 4) is 11.1 Å². The Morgan fingerprint density at radius 1 is 1.17 bits per heavy atom. The minimum Gasteiger partial charge on any atom is -0.370 e. The molecule has 0 unspecified atom stereocenters. The zero-order valence-electron chi connectivity index (χ0n) is 16.1. The third kappa shape index (κ3) is 4.67. The summed E-state index contributed by atoms with van der Waals surface area (Å²) in [4.78, 5) is 34.9. The highest BCUT2D eigenvalue weighted by Crippen LogP contribution is 2.30. The Morgan fingerprint density at radius 2 is 1.90 bits per heavy atom. The van der Waals surface area contributed by atoms with Crippen molar-refractivity contribution in [3.05, 3.63) is 42.5 Å². The molecular weight excluding hydrogens is 401 g/mol. The molecule has 2 amide bonds. The molecule has 0 fully saturated rings. The van der Waals surface area contributed by atoms with Crippen LogP contribution in [-0.4, -0.2) is 45.0 Å². The number of amides is 2. The first-order valence-corrected chi connectivity index (χ1v) is 8.82. The first kappa shape index (κ1) is 21.1. The molecule has 3 rings (SSSR count). The van der Waals surface area contributed by atoms with Gasteiger partial charge in [-0.25, -0.2) is 4.98 Å². The number of nitrogens with zero attached hydrogens (tertiary/aromatic N) is 2. The number of anilines is 1. The average molecular weight is 420 g/mol. The summed E-state index contributed by atoms with van der Waals surface area (Å²) < 4.78 is 37.1. The van der Waals surface area contributed by atoms with Gasteiger partial charge in [0.05, 0.1) is 17.4 Å². The quantitative estimate of drug-likeness (QED) is 0.488. The standard InChI is InChI=1S/C19H19F3N6O2/c1-18(2,17(30)27-9-19(20,21)22)28-12-3-10(5-24-7-12)14-8-26-16-13(14)4-11(6-25-16)15(23)29/h3-8,28H,9H2,1-2H3,(H2,23,29)(H,25,26)(H,27,30). The summed E-state index contributed by atoms with van der Waals surface area (Å²) in [5.41, 5.74) is 6.53. The molecule has 0 saturated carbocycles.